The second-order valence-corrected chi connectivity index (χ2v) is 10.9. The first-order valence-corrected chi connectivity index (χ1v) is 13.6. The van der Waals surface area contributed by atoms with Crippen LogP contribution in [0.25, 0.3) is 16.8 Å². The third-order valence-electron chi connectivity index (χ3n) is 8.52. The van der Waals surface area contributed by atoms with Crippen molar-refractivity contribution in [1.82, 2.24) is 4.90 Å². The molecule has 1 aliphatic carbocycles. The molecule has 0 aromatic heterocycles. The van der Waals surface area contributed by atoms with Gasteiger partial charge >= 0.3 is 0 Å². The molecule has 6 nitrogen and oxygen atoms in total. The van der Waals surface area contributed by atoms with Crippen LogP contribution >= 0.6 is 0 Å². The molecule has 4 atom stereocenters. The summed E-state index contributed by atoms with van der Waals surface area (Å²) in [5.74, 6) is 0.115. The number of imide groups is 1. The normalized spacial score (nSPS) is 24.9. The number of allylic oxidation sites excluding steroid dienone is 1. The highest BCUT2D eigenvalue weighted by Crippen LogP contribution is 2.49. The maximum Gasteiger partial charge on any atom is 0.233 e. The summed E-state index contributed by atoms with van der Waals surface area (Å²) >= 11 is 0. The highest BCUT2D eigenvalue weighted by molar-refractivity contribution is 6.05. The molecule has 2 aliphatic heterocycles. The minimum atomic E-state index is -0.344. The Kier molecular flexibility index (Phi) is 6.73. The van der Waals surface area contributed by atoms with E-state index in [1.807, 2.05) is 60.7 Å². The van der Waals surface area contributed by atoms with E-state index in [1.165, 1.54) is 10.5 Å². The van der Waals surface area contributed by atoms with Crippen LogP contribution in [0.1, 0.15) is 31.7 Å². The maximum absolute atomic E-state index is 13.1. The molecule has 2 amide bonds. The molecule has 200 valence electrons. The largest absolute Gasteiger partial charge is 0.507 e. The molecule has 6 heteroatoms. The fourth-order valence-electron chi connectivity index (χ4n) is 6.58. The molecule has 3 aromatic rings. The highest BCUT2D eigenvalue weighted by Gasteiger charge is 2.56. The number of phenolic OH excluding ortho intramolecular Hbond substituents is 1. The van der Waals surface area contributed by atoms with E-state index in [9.17, 15) is 14.7 Å². The number of likely N-dealkylation sites (tertiary alicyclic amines) is 1. The lowest BCUT2D eigenvalue weighted by Gasteiger charge is -2.31. The van der Waals surface area contributed by atoms with Crippen molar-refractivity contribution in [2.45, 2.75) is 32.3 Å². The summed E-state index contributed by atoms with van der Waals surface area (Å²) in [5.41, 5.74) is 4.53. The van der Waals surface area contributed by atoms with Crippen LogP contribution in [0, 0.1) is 17.8 Å². The first-order valence-electron chi connectivity index (χ1n) is 13.6. The number of nitrogens with zero attached hydrogens (tertiary/aromatic N) is 1. The highest BCUT2D eigenvalue weighted by atomic mass is 16.5. The zero-order valence-corrected chi connectivity index (χ0v) is 22.3. The van der Waals surface area contributed by atoms with E-state index in [2.05, 4.69) is 13.0 Å². The van der Waals surface area contributed by atoms with Crippen LogP contribution in [-0.4, -0.2) is 48.2 Å². The molecule has 3 aromatic carbocycles. The summed E-state index contributed by atoms with van der Waals surface area (Å²) in [6.07, 6.45) is 4.21. The first kappa shape index (κ1) is 25.4. The van der Waals surface area contributed by atoms with Crippen molar-refractivity contribution in [3.05, 3.63) is 89.0 Å². The van der Waals surface area contributed by atoms with E-state index < -0.39 is 0 Å². The van der Waals surface area contributed by atoms with E-state index in [0.717, 1.165) is 46.1 Å². The molecule has 2 fully saturated rings. The number of amides is 2. The Bertz CT molecular complexity index is 1490. The fourth-order valence-corrected chi connectivity index (χ4v) is 6.58. The molecular weight excluding hydrogens is 490 g/mol. The summed E-state index contributed by atoms with van der Waals surface area (Å²) in [4.78, 5) is 27.3. The van der Waals surface area contributed by atoms with Crippen molar-refractivity contribution >= 4 is 28.7 Å². The van der Waals surface area contributed by atoms with E-state index in [0.29, 0.717) is 19.6 Å². The van der Waals surface area contributed by atoms with Crippen molar-refractivity contribution in [3.63, 3.8) is 0 Å². The molecule has 0 radical (unpaired) electrons. The Labute approximate surface area is 228 Å². The third-order valence-corrected chi connectivity index (χ3v) is 8.52. The standard InChI is InChI=1S/C33H33NO5/c1-20(16-21-13-14-28(35)25-11-7-6-10-24(21)25)12-15-29-30-22(18-38-23-8-4-3-5-9-23)17-26-31(27(30)19-39-29)33(37)34(2)32(26)36/h3-11,13-14,16,26-27,29,31,35H,12,15,17-19H2,1-2H3/b20-16+/t26-,27+,29-,31-/m1/s1. The van der Waals surface area contributed by atoms with Gasteiger partial charge < -0.3 is 14.6 Å². The van der Waals surface area contributed by atoms with Crippen LogP contribution in [0.5, 0.6) is 11.5 Å². The monoisotopic (exact) mass is 523 g/mol. The summed E-state index contributed by atoms with van der Waals surface area (Å²) in [6, 6.07) is 21.2. The summed E-state index contributed by atoms with van der Waals surface area (Å²) < 4.78 is 12.5. The molecule has 0 spiro atoms. The maximum atomic E-state index is 13.1. The number of hydrogen-bond donors (Lipinski definition) is 1. The number of carbonyl (C=O) groups excluding carboxylic acids is 2. The van der Waals surface area contributed by atoms with E-state index in [1.54, 1.807) is 13.1 Å². The van der Waals surface area contributed by atoms with Crippen LogP contribution in [0.3, 0.4) is 0 Å². The number of rotatable bonds is 7. The smallest absolute Gasteiger partial charge is 0.233 e. The number of phenols is 1. The first-order chi connectivity index (χ1) is 18.9. The average molecular weight is 524 g/mol. The van der Waals surface area contributed by atoms with Gasteiger partial charge in [0, 0.05) is 18.4 Å². The van der Waals surface area contributed by atoms with Crippen molar-refractivity contribution in [3.8, 4) is 11.5 Å². The minimum Gasteiger partial charge on any atom is -0.507 e. The van der Waals surface area contributed by atoms with E-state index in [-0.39, 0.29) is 41.4 Å². The molecule has 2 heterocycles. The van der Waals surface area contributed by atoms with Gasteiger partial charge in [-0.05, 0) is 66.5 Å². The lowest BCUT2D eigenvalue weighted by Crippen LogP contribution is -2.35. The van der Waals surface area contributed by atoms with E-state index in [4.69, 9.17) is 9.47 Å². The number of benzene rings is 3. The summed E-state index contributed by atoms with van der Waals surface area (Å²) in [7, 11) is 1.59. The fraction of sp³-hybridized carbons (Fsp3) is 0.333. The molecule has 6 rings (SSSR count). The quantitative estimate of drug-likeness (QED) is 0.315. The van der Waals surface area contributed by atoms with Gasteiger partial charge in [0.05, 0.1) is 24.5 Å². The van der Waals surface area contributed by atoms with Crippen molar-refractivity contribution in [2.75, 3.05) is 20.3 Å². The summed E-state index contributed by atoms with van der Waals surface area (Å²) in [6.45, 7) is 2.96. The minimum absolute atomic E-state index is 0.0879. The average Bonchev–Trinajstić information content (AvgIpc) is 3.48. The van der Waals surface area contributed by atoms with Crippen molar-refractivity contribution in [2.24, 2.45) is 17.8 Å². The van der Waals surface area contributed by atoms with Crippen LogP contribution in [0.15, 0.2) is 83.4 Å². The number of para-hydroxylation sites is 1. The van der Waals surface area contributed by atoms with Gasteiger partial charge in [-0.25, -0.2) is 0 Å². The van der Waals surface area contributed by atoms with Crippen LogP contribution < -0.4 is 4.74 Å². The van der Waals surface area contributed by atoms with Gasteiger partial charge in [0.25, 0.3) is 0 Å². The number of hydrogen-bond acceptors (Lipinski definition) is 5. The Morgan fingerprint density at radius 2 is 1.74 bits per heavy atom. The Hall–Kier alpha value is -3.90. The second kappa shape index (κ2) is 10.3. The van der Waals surface area contributed by atoms with Crippen molar-refractivity contribution in [1.29, 1.82) is 0 Å². The van der Waals surface area contributed by atoms with Crippen LogP contribution in [0.4, 0.5) is 0 Å². The van der Waals surface area contributed by atoms with E-state index >= 15 is 0 Å². The summed E-state index contributed by atoms with van der Waals surface area (Å²) in [5, 5.41) is 12.1. The predicted octanol–water partition coefficient (Wildman–Crippen LogP) is 5.75. The van der Waals surface area contributed by atoms with Gasteiger partial charge in [-0.15, -0.1) is 0 Å². The molecule has 0 unspecified atom stereocenters. The van der Waals surface area contributed by atoms with Gasteiger partial charge in [-0.3, -0.25) is 14.5 Å². The topological polar surface area (TPSA) is 76.1 Å². The number of fused-ring (bicyclic) bond motifs is 4. The van der Waals surface area contributed by atoms with Gasteiger partial charge in [0.2, 0.25) is 11.8 Å². The number of aromatic hydroxyl groups is 1. The predicted molar refractivity (Wildman–Crippen MR) is 150 cm³/mol. The SMILES string of the molecule is C/C(=C\c1ccc(O)c2ccccc12)CC[C@H]1OC[C@H]2C1=C(COc1ccccc1)C[C@H]1C(=O)N(C)C(=O)[C@H]12. The molecule has 1 N–H and O–H groups in total. The Balaban J connectivity index is 1.25. The Morgan fingerprint density at radius 3 is 2.54 bits per heavy atom. The van der Waals surface area contributed by atoms with Gasteiger partial charge in [0.15, 0.2) is 0 Å². The third kappa shape index (κ3) is 4.63. The molecule has 0 saturated carbocycles. The Morgan fingerprint density at radius 1 is 1.00 bits per heavy atom. The molecular formula is C33H33NO5. The lowest BCUT2D eigenvalue weighted by atomic mass is 9.69. The number of carbonyl (C=O) groups is 2. The second-order valence-electron chi connectivity index (χ2n) is 10.9. The zero-order valence-electron chi connectivity index (χ0n) is 22.3. The van der Waals surface area contributed by atoms with Crippen molar-refractivity contribution < 1.29 is 24.2 Å². The van der Waals surface area contributed by atoms with Crippen LogP contribution in [-0.2, 0) is 14.3 Å². The lowest BCUT2D eigenvalue weighted by molar-refractivity contribution is -0.138. The number of ether oxygens (including phenoxy) is 2. The van der Waals surface area contributed by atoms with Crippen LogP contribution in [0.2, 0.25) is 0 Å². The molecule has 3 aliphatic rings. The zero-order chi connectivity index (χ0) is 27.1. The molecule has 39 heavy (non-hydrogen) atoms. The van der Waals surface area contributed by atoms with Gasteiger partial charge in [0.1, 0.15) is 18.1 Å². The molecule has 0 bridgehead atoms. The van der Waals surface area contributed by atoms with Gasteiger partial charge in [-0.1, -0.05) is 60.2 Å². The molecule has 2 saturated heterocycles. The van der Waals surface area contributed by atoms with Gasteiger partial charge in [-0.2, -0.15) is 0 Å².